The summed E-state index contributed by atoms with van der Waals surface area (Å²) >= 11 is 0. The third-order valence-corrected chi connectivity index (χ3v) is 9.00. The predicted octanol–water partition coefficient (Wildman–Crippen LogP) is 9.25. The Hall–Kier alpha value is -3.28. The number of aromatic nitrogens is 1. The van der Waals surface area contributed by atoms with Crippen molar-refractivity contribution in [3.05, 3.63) is 42.1 Å². The van der Waals surface area contributed by atoms with Crippen molar-refractivity contribution in [2.45, 2.75) is 123 Å². The molecule has 2 aromatic carbocycles. The second-order valence-electron chi connectivity index (χ2n) is 12.2. The molecule has 0 radical (unpaired) electrons. The van der Waals surface area contributed by atoms with Crippen LogP contribution in [0, 0.1) is 0 Å². The number of pyridine rings is 1. The summed E-state index contributed by atoms with van der Waals surface area (Å²) in [6, 6.07) is 10.3. The lowest BCUT2D eigenvalue weighted by molar-refractivity contribution is -0.686. The van der Waals surface area contributed by atoms with Crippen LogP contribution in [0.2, 0.25) is 0 Å². The van der Waals surface area contributed by atoms with Crippen LogP contribution in [0.1, 0.15) is 115 Å². The van der Waals surface area contributed by atoms with Gasteiger partial charge in [-0.2, -0.15) is 4.57 Å². The standard InChI is InChI=1S/C37H50NO5/c1-3-4-5-6-7-8-9-10-11-12-13-14-15-16-17-18-36(39)43-37-31-26-38-22-21-29-24-34-35(42-27-41-34)25-30(29)32(38)23-28(31)19-20-33(37)40-2/h19-20,23-26H,3-18,21-22,27H2,1-2H3/q+1. The first-order valence-electron chi connectivity index (χ1n) is 16.9. The number of esters is 1. The van der Waals surface area contributed by atoms with E-state index >= 15 is 0 Å². The van der Waals surface area contributed by atoms with E-state index in [4.69, 9.17) is 18.9 Å². The molecule has 0 unspecified atom stereocenters. The topological polar surface area (TPSA) is 57.9 Å². The van der Waals surface area contributed by atoms with Gasteiger partial charge in [0.15, 0.2) is 35.7 Å². The van der Waals surface area contributed by atoms with E-state index in [0.29, 0.717) is 17.9 Å². The lowest BCUT2D eigenvalue weighted by Gasteiger charge is -2.17. The summed E-state index contributed by atoms with van der Waals surface area (Å²) in [7, 11) is 1.62. The molecule has 0 N–H and O–H groups in total. The van der Waals surface area contributed by atoms with Crippen molar-refractivity contribution in [2.24, 2.45) is 0 Å². The molecule has 0 amide bonds. The molecule has 1 aromatic heterocycles. The van der Waals surface area contributed by atoms with Crippen molar-refractivity contribution in [1.29, 1.82) is 0 Å². The zero-order chi connectivity index (χ0) is 29.9. The van der Waals surface area contributed by atoms with Gasteiger partial charge in [-0.1, -0.05) is 96.8 Å². The average molecular weight is 589 g/mol. The summed E-state index contributed by atoms with van der Waals surface area (Å²) in [5, 5.41) is 1.89. The Bertz CT molecular complexity index is 1370. The minimum atomic E-state index is -0.193. The summed E-state index contributed by atoms with van der Waals surface area (Å²) in [6.07, 6.45) is 23.0. The fourth-order valence-corrected chi connectivity index (χ4v) is 6.47. The van der Waals surface area contributed by atoms with Gasteiger partial charge < -0.3 is 18.9 Å². The van der Waals surface area contributed by atoms with Gasteiger partial charge in [-0.25, -0.2) is 0 Å². The highest BCUT2D eigenvalue weighted by molar-refractivity contribution is 5.93. The molecule has 0 fully saturated rings. The molecule has 0 bridgehead atoms. The Kier molecular flexibility index (Phi) is 11.6. The number of ether oxygens (including phenoxy) is 4. The van der Waals surface area contributed by atoms with Crippen molar-refractivity contribution in [1.82, 2.24) is 0 Å². The Morgan fingerprint density at radius 3 is 2.09 bits per heavy atom. The van der Waals surface area contributed by atoms with Gasteiger partial charge in [-0.15, -0.1) is 0 Å². The van der Waals surface area contributed by atoms with Crippen LogP contribution in [0.3, 0.4) is 0 Å². The number of methoxy groups -OCH3 is 1. The van der Waals surface area contributed by atoms with Crippen molar-refractivity contribution < 1.29 is 28.3 Å². The number of carbonyl (C=O) groups excluding carboxylic acids is 1. The molecule has 3 aromatic rings. The fraction of sp³-hybridized carbons (Fsp3) is 0.568. The summed E-state index contributed by atoms with van der Waals surface area (Å²) in [5.41, 5.74) is 3.53. The molecule has 6 nitrogen and oxygen atoms in total. The van der Waals surface area contributed by atoms with Crippen LogP contribution in [-0.2, 0) is 17.8 Å². The molecule has 232 valence electrons. The molecule has 6 heteroatoms. The van der Waals surface area contributed by atoms with Crippen LogP contribution in [0.5, 0.6) is 23.0 Å². The second kappa shape index (κ2) is 16.0. The average Bonchev–Trinajstić information content (AvgIpc) is 3.49. The van der Waals surface area contributed by atoms with E-state index in [1.807, 2.05) is 12.1 Å². The highest BCUT2D eigenvalue weighted by atomic mass is 16.7. The monoisotopic (exact) mass is 588 g/mol. The first kappa shape index (κ1) is 31.2. The zero-order valence-electron chi connectivity index (χ0n) is 26.4. The van der Waals surface area contributed by atoms with E-state index in [-0.39, 0.29) is 12.8 Å². The van der Waals surface area contributed by atoms with E-state index in [1.54, 1.807) is 7.11 Å². The number of nitrogens with zero attached hydrogens (tertiary/aromatic N) is 1. The van der Waals surface area contributed by atoms with Gasteiger partial charge in [-0.3, -0.25) is 4.79 Å². The van der Waals surface area contributed by atoms with Crippen LogP contribution < -0.4 is 23.5 Å². The number of hydrogen-bond donors (Lipinski definition) is 0. The quantitative estimate of drug-likeness (QED) is 0.0641. The van der Waals surface area contributed by atoms with E-state index in [1.165, 1.54) is 89.0 Å². The van der Waals surface area contributed by atoms with Gasteiger partial charge in [0.05, 0.1) is 18.1 Å². The third kappa shape index (κ3) is 8.21. The largest absolute Gasteiger partial charge is 0.493 e. The van der Waals surface area contributed by atoms with Crippen LogP contribution in [0.15, 0.2) is 36.5 Å². The van der Waals surface area contributed by atoms with Crippen molar-refractivity contribution in [3.63, 3.8) is 0 Å². The number of hydrogen-bond acceptors (Lipinski definition) is 5. The van der Waals surface area contributed by atoms with E-state index in [9.17, 15) is 4.79 Å². The summed E-state index contributed by atoms with van der Waals surface area (Å²) in [4.78, 5) is 12.9. The SMILES string of the molecule is CCCCCCCCCCCCCCCCCC(=O)Oc1c(OC)ccc2cc3[n+](cc12)CCc1cc2c(cc1-3)OCO2. The van der Waals surface area contributed by atoms with Crippen molar-refractivity contribution >= 4 is 16.7 Å². The lowest BCUT2D eigenvalue weighted by atomic mass is 9.95. The van der Waals surface area contributed by atoms with Crippen molar-refractivity contribution in [2.75, 3.05) is 13.9 Å². The Morgan fingerprint density at radius 2 is 1.44 bits per heavy atom. The highest BCUT2D eigenvalue weighted by Crippen LogP contribution is 2.41. The maximum absolute atomic E-state index is 12.9. The molecule has 43 heavy (non-hydrogen) atoms. The normalized spacial score (nSPS) is 13.2. The van der Waals surface area contributed by atoms with Gasteiger partial charge in [0.25, 0.3) is 0 Å². The van der Waals surface area contributed by atoms with Crippen molar-refractivity contribution in [3.8, 4) is 34.3 Å². The molecule has 0 saturated carbocycles. The Labute approximate surface area is 257 Å². The maximum Gasteiger partial charge on any atom is 0.311 e. The summed E-state index contributed by atoms with van der Waals surface area (Å²) in [5.74, 6) is 2.51. The molecule has 5 rings (SSSR count). The zero-order valence-corrected chi connectivity index (χ0v) is 26.4. The molecule has 0 aliphatic carbocycles. The molecule has 2 aliphatic rings. The van der Waals surface area contributed by atoms with Crippen LogP contribution in [0.25, 0.3) is 22.0 Å². The van der Waals surface area contributed by atoms with E-state index < -0.39 is 0 Å². The smallest absolute Gasteiger partial charge is 0.311 e. The number of unbranched alkanes of at least 4 members (excludes halogenated alkanes) is 14. The fourth-order valence-electron chi connectivity index (χ4n) is 6.47. The lowest BCUT2D eigenvalue weighted by Crippen LogP contribution is -2.40. The first-order chi connectivity index (χ1) is 21.2. The minimum Gasteiger partial charge on any atom is -0.493 e. The Morgan fingerprint density at radius 1 is 0.814 bits per heavy atom. The minimum absolute atomic E-state index is 0.193. The van der Waals surface area contributed by atoms with Gasteiger partial charge in [-0.05, 0) is 41.6 Å². The maximum atomic E-state index is 12.9. The number of fused-ring (bicyclic) bond motifs is 5. The molecule has 0 saturated heterocycles. The number of aryl methyl sites for hydroxylation is 2. The second-order valence-corrected chi connectivity index (χ2v) is 12.2. The molecule has 0 spiro atoms. The van der Waals surface area contributed by atoms with E-state index in [2.05, 4.69) is 35.9 Å². The predicted molar refractivity (Wildman–Crippen MR) is 171 cm³/mol. The van der Waals surface area contributed by atoms with Gasteiger partial charge in [0, 0.05) is 18.9 Å². The Balaban J connectivity index is 1.07. The van der Waals surface area contributed by atoms with Gasteiger partial charge in [0.2, 0.25) is 12.5 Å². The van der Waals surface area contributed by atoms with Gasteiger partial charge in [0.1, 0.15) is 0 Å². The summed E-state index contributed by atoms with van der Waals surface area (Å²) < 4.78 is 25.1. The molecule has 2 aliphatic heterocycles. The number of carbonyl (C=O) groups is 1. The molecular formula is C37H50NO5+. The molecule has 0 atom stereocenters. The highest BCUT2D eigenvalue weighted by Gasteiger charge is 2.29. The van der Waals surface area contributed by atoms with Crippen LogP contribution >= 0.6 is 0 Å². The van der Waals surface area contributed by atoms with E-state index in [0.717, 1.165) is 59.3 Å². The number of rotatable bonds is 18. The molecular weight excluding hydrogens is 538 g/mol. The summed E-state index contributed by atoms with van der Waals surface area (Å²) in [6.45, 7) is 3.38. The molecule has 3 heterocycles. The first-order valence-corrected chi connectivity index (χ1v) is 16.9. The number of benzene rings is 2. The van der Waals surface area contributed by atoms with Gasteiger partial charge >= 0.3 is 5.97 Å². The van der Waals surface area contributed by atoms with Crippen LogP contribution in [-0.4, -0.2) is 19.9 Å². The van der Waals surface area contributed by atoms with Crippen LogP contribution in [0.4, 0.5) is 0 Å². The third-order valence-electron chi connectivity index (χ3n) is 9.00.